The molecule has 1 N–H and O–H groups in total. The van der Waals surface area contributed by atoms with Gasteiger partial charge in [0.15, 0.2) is 0 Å². The molecule has 0 aliphatic heterocycles. The zero-order valence-corrected chi connectivity index (χ0v) is 8.87. The van der Waals surface area contributed by atoms with Gasteiger partial charge >= 0.3 is 0 Å². The number of hydrogen-bond acceptors (Lipinski definition) is 1. The molecule has 0 heterocycles. The molecule has 2 atom stereocenters. The molecule has 0 aromatic heterocycles. The van der Waals surface area contributed by atoms with Crippen LogP contribution in [0.15, 0.2) is 24.3 Å². The number of aliphatic hydroxyl groups is 1. The minimum Gasteiger partial charge on any atom is -0.393 e. The van der Waals surface area contributed by atoms with Crippen LogP contribution in [-0.2, 0) is 6.42 Å². The van der Waals surface area contributed by atoms with Gasteiger partial charge in [-0.3, -0.25) is 0 Å². The first-order valence-corrected chi connectivity index (χ1v) is 5.56. The van der Waals surface area contributed by atoms with Crippen molar-refractivity contribution in [3.8, 4) is 0 Å². The summed E-state index contributed by atoms with van der Waals surface area (Å²) in [4.78, 5) is 0. The van der Waals surface area contributed by atoms with Crippen LogP contribution in [0, 0.1) is 5.92 Å². The molecule has 1 aliphatic carbocycles. The molecule has 1 nitrogen and oxygen atoms in total. The highest BCUT2D eigenvalue weighted by atomic mass is 35.5. The van der Waals surface area contributed by atoms with E-state index < -0.39 is 0 Å². The number of rotatable bonds is 2. The summed E-state index contributed by atoms with van der Waals surface area (Å²) in [5.41, 5.74) is 1.28. The zero-order chi connectivity index (χ0) is 9.97. The van der Waals surface area contributed by atoms with E-state index >= 15 is 0 Å². The second-order valence-electron chi connectivity index (χ2n) is 4.09. The van der Waals surface area contributed by atoms with E-state index in [4.69, 9.17) is 11.6 Å². The van der Waals surface area contributed by atoms with Crippen LogP contribution in [0.2, 0.25) is 5.02 Å². The maximum atomic E-state index is 9.68. The second kappa shape index (κ2) is 4.33. The van der Waals surface area contributed by atoms with E-state index in [0.29, 0.717) is 5.92 Å². The molecular formula is C12H15ClO. The van der Waals surface area contributed by atoms with Gasteiger partial charge in [0.1, 0.15) is 0 Å². The Morgan fingerprint density at radius 1 is 1.21 bits per heavy atom. The summed E-state index contributed by atoms with van der Waals surface area (Å²) < 4.78 is 0. The molecule has 2 unspecified atom stereocenters. The molecule has 0 bridgehead atoms. The summed E-state index contributed by atoms with van der Waals surface area (Å²) in [6.07, 6.45) is 4.19. The van der Waals surface area contributed by atoms with E-state index in [-0.39, 0.29) is 6.10 Å². The first-order chi connectivity index (χ1) is 6.75. The summed E-state index contributed by atoms with van der Waals surface area (Å²) in [5, 5.41) is 10.5. The molecule has 76 valence electrons. The Bertz CT molecular complexity index is 294. The van der Waals surface area contributed by atoms with Gasteiger partial charge < -0.3 is 5.11 Å². The van der Waals surface area contributed by atoms with Gasteiger partial charge in [0.25, 0.3) is 0 Å². The topological polar surface area (TPSA) is 20.2 Å². The molecule has 1 aliphatic rings. The Morgan fingerprint density at radius 3 is 2.50 bits per heavy atom. The fraction of sp³-hybridized carbons (Fsp3) is 0.500. The third-order valence-electron chi connectivity index (χ3n) is 3.03. The van der Waals surface area contributed by atoms with Gasteiger partial charge in [0.2, 0.25) is 0 Å². The highest BCUT2D eigenvalue weighted by Crippen LogP contribution is 2.28. The minimum absolute atomic E-state index is 0.0920. The van der Waals surface area contributed by atoms with Gasteiger partial charge in [0.05, 0.1) is 6.10 Å². The molecule has 14 heavy (non-hydrogen) atoms. The maximum absolute atomic E-state index is 9.68. The van der Waals surface area contributed by atoms with E-state index in [1.807, 2.05) is 24.3 Å². The Balaban J connectivity index is 2.00. The molecule has 0 radical (unpaired) electrons. The predicted octanol–water partition coefficient (Wildman–Crippen LogP) is 3.04. The van der Waals surface area contributed by atoms with Gasteiger partial charge in [-0.15, -0.1) is 0 Å². The Kier molecular flexibility index (Phi) is 3.09. The molecule has 1 aromatic rings. The van der Waals surface area contributed by atoms with E-state index in [0.717, 1.165) is 24.3 Å². The van der Waals surface area contributed by atoms with E-state index in [1.54, 1.807) is 0 Å². The van der Waals surface area contributed by atoms with Crippen molar-refractivity contribution in [3.63, 3.8) is 0 Å². The monoisotopic (exact) mass is 210 g/mol. The molecular weight excluding hydrogens is 196 g/mol. The van der Waals surface area contributed by atoms with Crippen LogP contribution in [0.5, 0.6) is 0 Å². The molecule has 1 aromatic carbocycles. The lowest BCUT2D eigenvalue weighted by molar-refractivity contribution is 0.132. The van der Waals surface area contributed by atoms with Crippen LogP contribution >= 0.6 is 11.6 Å². The molecule has 1 fully saturated rings. The summed E-state index contributed by atoms with van der Waals surface area (Å²) in [6, 6.07) is 7.93. The highest BCUT2D eigenvalue weighted by molar-refractivity contribution is 6.30. The smallest absolute Gasteiger partial charge is 0.0571 e. The zero-order valence-electron chi connectivity index (χ0n) is 8.12. The SMILES string of the molecule is OC1CCCC1Cc1ccc(Cl)cc1. The van der Waals surface area contributed by atoms with Crippen LogP contribution < -0.4 is 0 Å². The lowest BCUT2D eigenvalue weighted by Crippen LogP contribution is -2.15. The van der Waals surface area contributed by atoms with Crippen LogP contribution in [0.3, 0.4) is 0 Å². The number of aliphatic hydroxyl groups excluding tert-OH is 1. The highest BCUT2D eigenvalue weighted by Gasteiger charge is 2.24. The second-order valence-corrected chi connectivity index (χ2v) is 4.53. The maximum Gasteiger partial charge on any atom is 0.0571 e. The van der Waals surface area contributed by atoms with Crippen molar-refractivity contribution in [2.45, 2.75) is 31.8 Å². The van der Waals surface area contributed by atoms with Crippen molar-refractivity contribution in [2.24, 2.45) is 5.92 Å². The lowest BCUT2D eigenvalue weighted by atomic mass is 9.96. The summed E-state index contributed by atoms with van der Waals surface area (Å²) >= 11 is 5.81. The van der Waals surface area contributed by atoms with Crippen LogP contribution in [0.1, 0.15) is 24.8 Å². The van der Waals surface area contributed by atoms with Crippen molar-refractivity contribution in [2.75, 3.05) is 0 Å². The molecule has 0 saturated heterocycles. The third-order valence-corrected chi connectivity index (χ3v) is 3.28. The first-order valence-electron chi connectivity index (χ1n) is 5.18. The third kappa shape index (κ3) is 2.28. The van der Waals surface area contributed by atoms with Gasteiger partial charge in [-0.1, -0.05) is 30.2 Å². The molecule has 2 rings (SSSR count). The molecule has 1 saturated carbocycles. The normalized spacial score (nSPS) is 26.7. The van der Waals surface area contributed by atoms with Crippen LogP contribution in [-0.4, -0.2) is 11.2 Å². The molecule has 0 spiro atoms. The summed E-state index contributed by atoms with van der Waals surface area (Å²) in [7, 11) is 0. The van der Waals surface area contributed by atoms with Crippen molar-refractivity contribution in [3.05, 3.63) is 34.9 Å². The largest absolute Gasteiger partial charge is 0.393 e. The van der Waals surface area contributed by atoms with Gasteiger partial charge in [0, 0.05) is 5.02 Å². The average Bonchev–Trinajstić information content (AvgIpc) is 2.56. The minimum atomic E-state index is -0.0920. The number of benzene rings is 1. The standard InChI is InChI=1S/C12H15ClO/c13-11-6-4-9(5-7-11)8-10-2-1-3-12(10)14/h4-7,10,12,14H,1-3,8H2. The number of halogens is 1. The van der Waals surface area contributed by atoms with Crippen molar-refractivity contribution < 1.29 is 5.11 Å². The van der Waals surface area contributed by atoms with Crippen molar-refractivity contribution >= 4 is 11.6 Å². The molecule has 0 amide bonds. The Labute approximate surface area is 89.7 Å². The van der Waals surface area contributed by atoms with Crippen molar-refractivity contribution in [1.29, 1.82) is 0 Å². The fourth-order valence-electron chi connectivity index (χ4n) is 2.18. The Hall–Kier alpha value is -0.530. The summed E-state index contributed by atoms with van der Waals surface area (Å²) in [6.45, 7) is 0. The van der Waals surface area contributed by atoms with Crippen molar-refractivity contribution in [1.82, 2.24) is 0 Å². The van der Waals surface area contributed by atoms with E-state index in [2.05, 4.69) is 0 Å². The van der Waals surface area contributed by atoms with Crippen LogP contribution in [0.25, 0.3) is 0 Å². The van der Waals surface area contributed by atoms with E-state index in [1.165, 1.54) is 12.0 Å². The lowest BCUT2D eigenvalue weighted by Gasteiger charge is -2.13. The van der Waals surface area contributed by atoms with Gasteiger partial charge in [-0.25, -0.2) is 0 Å². The van der Waals surface area contributed by atoms with Crippen LogP contribution in [0.4, 0.5) is 0 Å². The summed E-state index contributed by atoms with van der Waals surface area (Å²) in [5.74, 6) is 0.455. The first kappa shape index (κ1) is 10.0. The molecule has 2 heteroatoms. The number of hydrogen-bond donors (Lipinski definition) is 1. The van der Waals surface area contributed by atoms with E-state index in [9.17, 15) is 5.11 Å². The quantitative estimate of drug-likeness (QED) is 0.796. The van der Waals surface area contributed by atoms with Gasteiger partial charge in [-0.05, 0) is 42.9 Å². The Morgan fingerprint density at radius 2 is 1.93 bits per heavy atom. The predicted molar refractivity (Wildman–Crippen MR) is 58.5 cm³/mol. The fourth-order valence-corrected chi connectivity index (χ4v) is 2.30. The van der Waals surface area contributed by atoms with Gasteiger partial charge in [-0.2, -0.15) is 0 Å². The average molecular weight is 211 g/mol.